The lowest BCUT2D eigenvalue weighted by atomic mass is 9.82. The fourth-order valence-electron chi connectivity index (χ4n) is 4.14. The summed E-state index contributed by atoms with van der Waals surface area (Å²) in [6, 6.07) is 13.2. The van der Waals surface area contributed by atoms with Crippen LogP contribution in [0, 0.1) is 17.7 Å². The molecule has 0 spiro atoms. The zero-order valence-corrected chi connectivity index (χ0v) is 18.1. The average Bonchev–Trinajstić information content (AvgIpc) is 2.80. The summed E-state index contributed by atoms with van der Waals surface area (Å²) in [6.07, 6.45) is 3.79. The number of hydrogen-bond donors (Lipinski definition) is 2. The van der Waals surface area contributed by atoms with E-state index in [0.717, 1.165) is 25.7 Å². The maximum Gasteiger partial charge on any atom is 0.329 e. The number of urea groups is 1. The van der Waals surface area contributed by atoms with Crippen LogP contribution < -0.4 is 15.0 Å². The van der Waals surface area contributed by atoms with Gasteiger partial charge in [0, 0.05) is 6.54 Å². The zero-order chi connectivity index (χ0) is 22.9. The molecule has 3 rings (SSSR count). The summed E-state index contributed by atoms with van der Waals surface area (Å²) < 4.78 is 25.3. The van der Waals surface area contributed by atoms with Crippen molar-refractivity contribution in [1.29, 1.82) is 0 Å². The van der Waals surface area contributed by atoms with Gasteiger partial charge in [-0.15, -0.1) is 0 Å². The lowest BCUT2D eigenvalue weighted by Crippen LogP contribution is -2.40. The number of rotatable bonds is 9. The first kappa shape index (κ1) is 23.5. The van der Waals surface area contributed by atoms with Crippen molar-refractivity contribution >= 4 is 23.4 Å². The molecule has 2 aromatic carbocycles. The molecule has 172 valence electrons. The second kappa shape index (κ2) is 11.5. The highest BCUT2D eigenvalue weighted by molar-refractivity contribution is 5.99. The number of benzene rings is 2. The van der Waals surface area contributed by atoms with Crippen molar-refractivity contribution in [2.24, 2.45) is 11.8 Å². The molecule has 0 radical (unpaired) electrons. The Balaban J connectivity index is 1.68. The third-order valence-corrected chi connectivity index (χ3v) is 5.63. The van der Waals surface area contributed by atoms with Gasteiger partial charge >= 0.3 is 12.0 Å². The van der Waals surface area contributed by atoms with E-state index >= 15 is 0 Å². The first-order chi connectivity index (χ1) is 15.5. The zero-order valence-electron chi connectivity index (χ0n) is 18.1. The van der Waals surface area contributed by atoms with Crippen LogP contribution in [0.4, 0.5) is 20.6 Å². The summed E-state index contributed by atoms with van der Waals surface area (Å²) in [4.78, 5) is 25.1. The summed E-state index contributed by atoms with van der Waals surface area (Å²) >= 11 is 0. The number of hydrogen-bond acceptors (Lipinski definition) is 4. The Bertz CT molecular complexity index is 909. The number of nitrogens with one attached hydrogen (secondary N) is 1. The van der Waals surface area contributed by atoms with E-state index < -0.39 is 17.8 Å². The van der Waals surface area contributed by atoms with Gasteiger partial charge in [0.05, 0.1) is 25.1 Å². The van der Waals surface area contributed by atoms with Gasteiger partial charge in [-0.05, 0) is 55.4 Å². The second-order valence-corrected chi connectivity index (χ2v) is 7.96. The number of carboxylic acid groups (broad SMARTS) is 1. The number of carbonyl (C=O) groups is 2. The molecule has 2 unspecified atom stereocenters. The number of anilines is 2. The number of amides is 2. The standard InChI is InChI=1S/C24H29FN2O5/c1-31-21-12-6-11-20(23(21)25)27(19-9-3-2-4-10-19)24(30)26-14-17-7-5-8-18(13-17)15-32-16-22(28)29/h2-4,6,9-12,17-18H,5,7-8,13-16H2,1H3,(H,26,30)(H,28,29). The fraction of sp³-hybridized carbons (Fsp3) is 0.417. The molecule has 7 nitrogen and oxygen atoms in total. The van der Waals surface area contributed by atoms with Gasteiger partial charge in [-0.25, -0.2) is 14.0 Å². The molecule has 0 aromatic heterocycles. The van der Waals surface area contributed by atoms with Gasteiger partial charge in [-0.1, -0.05) is 30.7 Å². The number of carboxylic acids is 1. The number of methoxy groups -OCH3 is 1. The molecule has 2 N–H and O–H groups in total. The Hall–Kier alpha value is -3.13. The highest BCUT2D eigenvalue weighted by Gasteiger charge is 2.26. The predicted octanol–water partition coefficient (Wildman–Crippen LogP) is 4.59. The Kier molecular flexibility index (Phi) is 8.44. The van der Waals surface area contributed by atoms with E-state index in [9.17, 15) is 14.0 Å². The second-order valence-electron chi connectivity index (χ2n) is 7.96. The molecule has 0 aliphatic heterocycles. The average molecular weight is 445 g/mol. The van der Waals surface area contributed by atoms with Crippen LogP contribution in [0.1, 0.15) is 25.7 Å². The smallest absolute Gasteiger partial charge is 0.329 e. The molecule has 2 amide bonds. The topological polar surface area (TPSA) is 88.1 Å². The molecule has 1 aliphatic rings. The van der Waals surface area contributed by atoms with Crippen LogP contribution in [-0.4, -0.2) is 44.0 Å². The molecule has 32 heavy (non-hydrogen) atoms. The van der Waals surface area contributed by atoms with Crippen molar-refractivity contribution < 1.29 is 28.6 Å². The summed E-state index contributed by atoms with van der Waals surface area (Å²) in [7, 11) is 1.38. The Morgan fingerprint density at radius 2 is 1.88 bits per heavy atom. The maximum atomic E-state index is 15.0. The van der Waals surface area contributed by atoms with Crippen molar-refractivity contribution in [3.63, 3.8) is 0 Å². The number of para-hydroxylation sites is 1. The van der Waals surface area contributed by atoms with Crippen LogP contribution in [0.25, 0.3) is 0 Å². The monoisotopic (exact) mass is 444 g/mol. The highest BCUT2D eigenvalue weighted by atomic mass is 19.1. The van der Waals surface area contributed by atoms with Crippen molar-refractivity contribution in [2.75, 3.05) is 31.8 Å². The third-order valence-electron chi connectivity index (χ3n) is 5.63. The van der Waals surface area contributed by atoms with Gasteiger partial charge in [0.15, 0.2) is 11.6 Å². The Labute approximate surface area is 187 Å². The normalized spacial score (nSPS) is 18.1. The van der Waals surface area contributed by atoms with Crippen molar-refractivity contribution in [3.8, 4) is 5.75 Å². The van der Waals surface area contributed by atoms with Crippen LogP contribution in [0.3, 0.4) is 0 Å². The fourth-order valence-corrected chi connectivity index (χ4v) is 4.14. The molecule has 0 heterocycles. The lowest BCUT2D eigenvalue weighted by Gasteiger charge is -2.30. The Morgan fingerprint density at radius 3 is 2.59 bits per heavy atom. The van der Waals surface area contributed by atoms with Crippen LogP contribution in [0.5, 0.6) is 5.75 Å². The van der Waals surface area contributed by atoms with E-state index in [2.05, 4.69) is 5.32 Å². The quantitative estimate of drug-likeness (QED) is 0.591. The molecule has 1 fully saturated rings. The van der Waals surface area contributed by atoms with Gasteiger partial charge in [-0.2, -0.15) is 0 Å². The SMILES string of the molecule is COc1cccc(N(C(=O)NCC2CCCC(COCC(=O)O)C2)c2ccccc2)c1F. The van der Waals surface area contributed by atoms with Crippen molar-refractivity contribution in [1.82, 2.24) is 5.32 Å². The highest BCUT2D eigenvalue weighted by Crippen LogP contribution is 2.33. The molecule has 8 heteroatoms. The minimum atomic E-state index is -0.976. The van der Waals surface area contributed by atoms with E-state index in [1.807, 2.05) is 6.07 Å². The third kappa shape index (κ3) is 6.20. The van der Waals surface area contributed by atoms with Crippen molar-refractivity contribution in [2.45, 2.75) is 25.7 Å². The lowest BCUT2D eigenvalue weighted by molar-refractivity contribution is -0.142. The summed E-state index contributed by atoms with van der Waals surface area (Å²) in [6.45, 7) is 0.557. The van der Waals surface area contributed by atoms with E-state index in [-0.39, 0.29) is 29.9 Å². The van der Waals surface area contributed by atoms with E-state index in [0.29, 0.717) is 18.8 Å². The van der Waals surface area contributed by atoms with Crippen LogP contribution in [0.15, 0.2) is 48.5 Å². The minimum absolute atomic E-state index is 0.0627. The van der Waals surface area contributed by atoms with Crippen LogP contribution in [-0.2, 0) is 9.53 Å². The molecule has 1 saturated carbocycles. The van der Waals surface area contributed by atoms with E-state index in [1.165, 1.54) is 18.1 Å². The number of carbonyl (C=O) groups excluding carboxylic acids is 1. The molecule has 0 saturated heterocycles. The first-order valence-electron chi connectivity index (χ1n) is 10.7. The van der Waals surface area contributed by atoms with E-state index in [4.69, 9.17) is 14.6 Å². The van der Waals surface area contributed by atoms with Gasteiger partial charge in [0.1, 0.15) is 6.61 Å². The molecule has 0 bridgehead atoms. The maximum absolute atomic E-state index is 15.0. The molecule has 2 aromatic rings. The van der Waals surface area contributed by atoms with E-state index in [1.54, 1.807) is 36.4 Å². The number of ether oxygens (including phenoxy) is 2. The summed E-state index contributed by atoms with van der Waals surface area (Å²) in [5.74, 6) is -1.00. The van der Waals surface area contributed by atoms with Crippen LogP contribution in [0.2, 0.25) is 0 Å². The summed E-state index contributed by atoms with van der Waals surface area (Å²) in [5.41, 5.74) is 0.650. The Morgan fingerprint density at radius 1 is 1.12 bits per heavy atom. The first-order valence-corrected chi connectivity index (χ1v) is 10.7. The van der Waals surface area contributed by atoms with Crippen LogP contribution >= 0.6 is 0 Å². The van der Waals surface area contributed by atoms with Gasteiger partial charge in [-0.3, -0.25) is 4.90 Å². The molecular weight excluding hydrogens is 415 g/mol. The van der Waals surface area contributed by atoms with Crippen molar-refractivity contribution in [3.05, 3.63) is 54.3 Å². The minimum Gasteiger partial charge on any atom is -0.494 e. The number of nitrogens with zero attached hydrogens (tertiary/aromatic N) is 1. The predicted molar refractivity (Wildman–Crippen MR) is 119 cm³/mol. The van der Waals surface area contributed by atoms with Gasteiger partial charge in [0.25, 0.3) is 0 Å². The largest absolute Gasteiger partial charge is 0.494 e. The molecule has 1 aliphatic carbocycles. The van der Waals surface area contributed by atoms with Gasteiger partial charge < -0.3 is 19.9 Å². The molecule has 2 atom stereocenters. The van der Waals surface area contributed by atoms with Gasteiger partial charge in [0.2, 0.25) is 0 Å². The number of aliphatic carboxylic acids is 1. The summed E-state index contributed by atoms with van der Waals surface area (Å²) in [5, 5.41) is 11.7. The number of halogens is 1. The molecular formula is C24H29FN2O5.